The highest BCUT2D eigenvalue weighted by Gasteiger charge is 2.13. The molecular weight excluding hydrogens is 358 g/mol. The molecule has 0 amide bonds. The molecule has 0 saturated heterocycles. The molecule has 8 heteroatoms. The second-order valence-corrected chi connectivity index (χ2v) is 7.00. The molecule has 130 valence electrons. The van der Waals surface area contributed by atoms with Crippen LogP contribution in [0, 0.1) is 6.92 Å². The van der Waals surface area contributed by atoms with Crippen LogP contribution in [0.4, 0.5) is 16.8 Å². The smallest absolute Gasteiger partial charge is 0.227 e. The molecule has 0 fully saturated rings. The molecule has 0 aliphatic carbocycles. The van der Waals surface area contributed by atoms with Crippen LogP contribution in [0.15, 0.2) is 36.5 Å². The third-order valence-corrected chi connectivity index (χ3v) is 4.76. The van der Waals surface area contributed by atoms with Crippen molar-refractivity contribution in [1.82, 2.24) is 15.0 Å². The van der Waals surface area contributed by atoms with Crippen LogP contribution in [0.5, 0.6) is 0 Å². The van der Waals surface area contributed by atoms with Gasteiger partial charge in [0.25, 0.3) is 0 Å². The summed E-state index contributed by atoms with van der Waals surface area (Å²) in [7, 11) is 0. The van der Waals surface area contributed by atoms with Gasteiger partial charge in [0.2, 0.25) is 5.95 Å². The lowest BCUT2D eigenvalue weighted by Gasteiger charge is -2.08. The second-order valence-electron chi connectivity index (χ2n) is 5.56. The fourth-order valence-corrected chi connectivity index (χ4v) is 3.43. The normalized spacial score (nSPS) is 12.0. The molecule has 0 bridgehead atoms. The highest BCUT2D eigenvalue weighted by atomic mass is 35.5. The summed E-state index contributed by atoms with van der Waals surface area (Å²) in [5, 5.41) is 16.9. The van der Waals surface area contributed by atoms with Gasteiger partial charge >= 0.3 is 0 Å². The van der Waals surface area contributed by atoms with Crippen molar-refractivity contribution in [3.8, 4) is 10.6 Å². The van der Waals surface area contributed by atoms with Gasteiger partial charge in [0, 0.05) is 22.9 Å². The maximum absolute atomic E-state index is 9.16. The van der Waals surface area contributed by atoms with Crippen molar-refractivity contribution in [3.05, 3.63) is 47.2 Å². The zero-order valence-electron chi connectivity index (χ0n) is 13.8. The van der Waals surface area contributed by atoms with E-state index in [1.54, 1.807) is 6.20 Å². The van der Waals surface area contributed by atoms with E-state index in [9.17, 15) is 0 Å². The average Bonchev–Trinajstić information content (AvgIpc) is 2.95. The molecule has 0 saturated carbocycles. The first-order valence-corrected chi connectivity index (χ1v) is 8.95. The largest absolute Gasteiger partial charge is 0.394 e. The summed E-state index contributed by atoms with van der Waals surface area (Å²) in [5.41, 5.74) is 2.49. The van der Waals surface area contributed by atoms with Gasteiger partial charge in [0.15, 0.2) is 5.13 Å². The van der Waals surface area contributed by atoms with Crippen LogP contribution in [0.1, 0.15) is 12.6 Å². The van der Waals surface area contributed by atoms with Gasteiger partial charge in [0.05, 0.1) is 22.9 Å². The molecule has 0 spiro atoms. The molecule has 3 rings (SSSR count). The number of aliphatic hydroxyl groups is 1. The summed E-state index contributed by atoms with van der Waals surface area (Å²) in [6.07, 6.45) is 1.71. The highest BCUT2D eigenvalue weighted by molar-refractivity contribution is 7.19. The van der Waals surface area contributed by atoms with Crippen LogP contribution in [0.3, 0.4) is 0 Å². The monoisotopic (exact) mass is 375 g/mol. The van der Waals surface area contributed by atoms with Crippen molar-refractivity contribution in [2.75, 3.05) is 17.2 Å². The summed E-state index contributed by atoms with van der Waals surface area (Å²) < 4.78 is 0. The molecule has 1 unspecified atom stereocenters. The van der Waals surface area contributed by atoms with Gasteiger partial charge in [-0.05, 0) is 38.1 Å². The Balaban J connectivity index is 1.84. The standard InChI is InChI=1S/C17H18ClN5OS/c1-10(9-24)20-17-21-11(2)15(25-17)14-6-7-19-16(23-14)22-13-5-3-4-12(18)8-13/h3-8,10,24H,9H2,1-2H3,(H,20,21)(H,19,22,23). The fraction of sp³-hybridized carbons (Fsp3) is 0.235. The van der Waals surface area contributed by atoms with E-state index in [-0.39, 0.29) is 12.6 Å². The number of nitrogens with zero attached hydrogens (tertiary/aromatic N) is 3. The molecule has 0 aliphatic rings. The quantitative estimate of drug-likeness (QED) is 0.601. The zero-order valence-corrected chi connectivity index (χ0v) is 15.4. The Morgan fingerprint density at radius 2 is 2.12 bits per heavy atom. The van der Waals surface area contributed by atoms with Gasteiger partial charge in [-0.2, -0.15) is 0 Å². The number of thiazole rings is 1. The van der Waals surface area contributed by atoms with Gasteiger partial charge in [-0.1, -0.05) is 29.0 Å². The number of halogens is 1. The molecule has 25 heavy (non-hydrogen) atoms. The van der Waals surface area contributed by atoms with Crippen LogP contribution in [0.25, 0.3) is 10.6 Å². The molecule has 2 heterocycles. The van der Waals surface area contributed by atoms with E-state index >= 15 is 0 Å². The van der Waals surface area contributed by atoms with Crippen molar-refractivity contribution < 1.29 is 5.11 Å². The maximum atomic E-state index is 9.16. The van der Waals surface area contributed by atoms with Gasteiger partial charge < -0.3 is 15.7 Å². The first-order valence-electron chi connectivity index (χ1n) is 7.76. The number of nitrogens with one attached hydrogen (secondary N) is 2. The molecule has 2 aromatic heterocycles. The minimum atomic E-state index is -0.0520. The van der Waals surface area contributed by atoms with Crippen molar-refractivity contribution in [1.29, 1.82) is 0 Å². The lowest BCUT2D eigenvalue weighted by molar-refractivity contribution is 0.281. The minimum Gasteiger partial charge on any atom is -0.394 e. The summed E-state index contributed by atoms with van der Waals surface area (Å²) in [5.74, 6) is 0.491. The summed E-state index contributed by atoms with van der Waals surface area (Å²) in [4.78, 5) is 14.3. The van der Waals surface area contributed by atoms with Crippen LogP contribution >= 0.6 is 22.9 Å². The second kappa shape index (κ2) is 7.77. The first-order chi connectivity index (χ1) is 12.0. The van der Waals surface area contributed by atoms with Crippen LogP contribution in [-0.4, -0.2) is 32.7 Å². The molecule has 3 aromatic rings. The fourth-order valence-electron chi connectivity index (χ4n) is 2.19. The van der Waals surface area contributed by atoms with E-state index in [0.29, 0.717) is 11.0 Å². The van der Waals surface area contributed by atoms with Gasteiger partial charge in [-0.25, -0.2) is 15.0 Å². The van der Waals surface area contributed by atoms with Crippen LogP contribution in [-0.2, 0) is 0 Å². The Bertz CT molecular complexity index is 870. The third-order valence-electron chi connectivity index (χ3n) is 3.41. The van der Waals surface area contributed by atoms with Gasteiger partial charge in [0.1, 0.15) is 0 Å². The number of rotatable bonds is 6. The highest BCUT2D eigenvalue weighted by Crippen LogP contribution is 2.32. The molecular formula is C17H18ClN5OS. The lowest BCUT2D eigenvalue weighted by atomic mass is 10.3. The van der Waals surface area contributed by atoms with E-state index < -0.39 is 0 Å². The molecule has 6 nitrogen and oxygen atoms in total. The van der Waals surface area contributed by atoms with E-state index in [0.717, 1.165) is 27.1 Å². The number of aromatic nitrogens is 3. The number of aryl methyl sites for hydroxylation is 1. The van der Waals surface area contributed by atoms with Crippen molar-refractivity contribution in [3.63, 3.8) is 0 Å². The Morgan fingerprint density at radius 3 is 2.88 bits per heavy atom. The molecule has 1 aromatic carbocycles. The Kier molecular flexibility index (Phi) is 5.47. The van der Waals surface area contributed by atoms with Crippen molar-refractivity contribution in [2.24, 2.45) is 0 Å². The Morgan fingerprint density at radius 1 is 1.28 bits per heavy atom. The van der Waals surface area contributed by atoms with Crippen molar-refractivity contribution in [2.45, 2.75) is 19.9 Å². The van der Waals surface area contributed by atoms with Gasteiger partial charge in [-0.15, -0.1) is 0 Å². The number of hydrogen-bond donors (Lipinski definition) is 3. The number of benzene rings is 1. The van der Waals surface area contributed by atoms with E-state index in [2.05, 4.69) is 25.6 Å². The van der Waals surface area contributed by atoms with E-state index in [1.807, 2.05) is 44.2 Å². The SMILES string of the molecule is Cc1nc(NC(C)CO)sc1-c1ccnc(Nc2cccc(Cl)c2)n1. The third kappa shape index (κ3) is 4.45. The van der Waals surface area contributed by atoms with E-state index in [4.69, 9.17) is 16.7 Å². The Labute approximate surface area is 155 Å². The predicted molar refractivity (Wildman–Crippen MR) is 103 cm³/mol. The number of aliphatic hydroxyl groups excluding tert-OH is 1. The zero-order chi connectivity index (χ0) is 17.8. The molecule has 1 atom stereocenters. The lowest BCUT2D eigenvalue weighted by Crippen LogP contribution is -2.18. The van der Waals surface area contributed by atoms with Crippen molar-refractivity contribution >= 4 is 39.7 Å². The summed E-state index contributed by atoms with van der Waals surface area (Å²) in [6, 6.07) is 9.19. The predicted octanol–water partition coefficient (Wildman–Crippen LogP) is 4.10. The molecule has 0 aliphatic heterocycles. The van der Waals surface area contributed by atoms with Crippen LogP contribution < -0.4 is 10.6 Å². The average molecular weight is 376 g/mol. The summed E-state index contributed by atoms with van der Waals surface area (Å²) in [6.45, 7) is 3.89. The Hall–Kier alpha value is -2.22. The summed E-state index contributed by atoms with van der Waals surface area (Å²) >= 11 is 7.50. The molecule has 0 radical (unpaired) electrons. The van der Waals surface area contributed by atoms with Gasteiger partial charge in [-0.3, -0.25) is 0 Å². The number of anilines is 3. The minimum absolute atomic E-state index is 0.0508. The van der Waals surface area contributed by atoms with Crippen LogP contribution in [0.2, 0.25) is 5.02 Å². The molecule has 3 N–H and O–H groups in total. The first kappa shape index (κ1) is 17.6. The topological polar surface area (TPSA) is 83.0 Å². The van der Waals surface area contributed by atoms with E-state index in [1.165, 1.54) is 11.3 Å². The number of hydrogen-bond acceptors (Lipinski definition) is 7. The maximum Gasteiger partial charge on any atom is 0.227 e.